The molecule has 0 radical (unpaired) electrons. The van der Waals surface area contributed by atoms with Gasteiger partial charge in [0, 0.05) is 37.1 Å². The molecule has 3 rings (SSSR count). The summed E-state index contributed by atoms with van der Waals surface area (Å²) in [6.45, 7) is 4.16. The highest BCUT2D eigenvalue weighted by Crippen LogP contribution is 2.31. The zero-order chi connectivity index (χ0) is 16.1. The number of morpholine rings is 1. The standard InChI is InChI=1S/C17H24ClN3O2/c18-13-4-5-16(21-7-2-1-3-8-21)15(10-13)20-17(22)11-14-12-23-9-6-19-14/h4-5,10,14,19H,1-3,6-9,11-12H2,(H,20,22). The molecule has 2 N–H and O–H groups in total. The predicted octanol–water partition coefficient (Wildman–Crippen LogP) is 2.65. The average Bonchev–Trinajstić information content (AvgIpc) is 2.56. The van der Waals surface area contributed by atoms with Gasteiger partial charge in [-0.15, -0.1) is 0 Å². The Labute approximate surface area is 142 Å². The Morgan fingerprint density at radius 3 is 2.91 bits per heavy atom. The van der Waals surface area contributed by atoms with Crippen molar-refractivity contribution < 1.29 is 9.53 Å². The van der Waals surface area contributed by atoms with Crippen LogP contribution in [-0.2, 0) is 9.53 Å². The van der Waals surface area contributed by atoms with Gasteiger partial charge in [0.2, 0.25) is 5.91 Å². The number of anilines is 2. The van der Waals surface area contributed by atoms with Crippen molar-refractivity contribution in [1.29, 1.82) is 0 Å². The number of carbonyl (C=O) groups is 1. The Balaban J connectivity index is 1.67. The third kappa shape index (κ3) is 4.59. The van der Waals surface area contributed by atoms with Gasteiger partial charge in [-0.2, -0.15) is 0 Å². The number of amides is 1. The van der Waals surface area contributed by atoms with E-state index in [1.54, 1.807) is 0 Å². The molecule has 2 fully saturated rings. The van der Waals surface area contributed by atoms with Gasteiger partial charge in [-0.05, 0) is 37.5 Å². The first kappa shape index (κ1) is 16.6. The summed E-state index contributed by atoms with van der Waals surface area (Å²) < 4.78 is 5.40. The van der Waals surface area contributed by atoms with Gasteiger partial charge >= 0.3 is 0 Å². The Morgan fingerprint density at radius 2 is 2.17 bits per heavy atom. The van der Waals surface area contributed by atoms with E-state index in [1.807, 2.05) is 18.2 Å². The number of hydrogen-bond donors (Lipinski definition) is 2. The maximum Gasteiger partial charge on any atom is 0.226 e. The Kier molecular flexibility index (Phi) is 5.75. The van der Waals surface area contributed by atoms with E-state index >= 15 is 0 Å². The zero-order valence-electron chi connectivity index (χ0n) is 13.3. The van der Waals surface area contributed by atoms with Crippen LogP contribution in [0.2, 0.25) is 5.02 Å². The van der Waals surface area contributed by atoms with E-state index in [4.69, 9.17) is 16.3 Å². The summed E-state index contributed by atoms with van der Waals surface area (Å²) in [7, 11) is 0. The maximum atomic E-state index is 12.4. The van der Waals surface area contributed by atoms with Crippen LogP contribution in [0.15, 0.2) is 18.2 Å². The van der Waals surface area contributed by atoms with Crippen LogP contribution >= 0.6 is 11.6 Å². The fraction of sp³-hybridized carbons (Fsp3) is 0.588. The summed E-state index contributed by atoms with van der Waals surface area (Å²) in [6, 6.07) is 5.82. The SMILES string of the molecule is O=C(CC1COCCN1)Nc1cc(Cl)ccc1N1CCCCC1. The first-order chi connectivity index (χ1) is 11.2. The smallest absolute Gasteiger partial charge is 0.226 e. The van der Waals surface area contributed by atoms with E-state index in [9.17, 15) is 4.79 Å². The second-order valence-corrected chi connectivity index (χ2v) is 6.62. The summed E-state index contributed by atoms with van der Waals surface area (Å²) in [6.07, 6.45) is 4.07. The van der Waals surface area contributed by atoms with Crippen LogP contribution in [0.25, 0.3) is 0 Å². The van der Waals surface area contributed by atoms with Crippen molar-refractivity contribution in [1.82, 2.24) is 5.32 Å². The van der Waals surface area contributed by atoms with E-state index in [0.29, 0.717) is 24.7 Å². The number of hydrogen-bond acceptors (Lipinski definition) is 4. The predicted molar refractivity (Wildman–Crippen MR) is 93.4 cm³/mol. The number of piperidine rings is 1. The fourth-order valence-electron chi connectivity index (χ4n) is 3.19. The number of nitrogens with zero attached hydrogens (tertiary/aromatic N) is 1. The zero-order valence-corrected chi connectivity index (χ0v) is 14.1. The molecule has 0 aliphatic carbocycles. The van der Waals surface area contributed by atoms with Crippen molar-refractivity contribution in [2.75, 3.05) is 43.1 Å². The minimum Gasteiger partial charge on any atom is -0.378 e. The molecule has 1 aromatic rings. The molecule has 23 heavy (non-hydrogen) atoms. The molecule has 2 aliphatic rings. The Morgan fingerprint density at radius 1 is 1.35 bits per heavy atom. The van der Waals surface area contributed by atoms with Gasteiger partial charge in [0.25, 0.3) is 0 Å². The largest absolute Gasteiger partial charge is 0.378 e. The monoisotopic (exact) mass is 337 g/mol. The van der Waals surface area contributed by atoms with Crippen molar-refractivity contribution in [2.24, 2.45) is 0 Å². The number of benzene rings is 1. The summed E-state index contributed by atoms with van der Waals surface area (Å²) in [5.41, 5.74) is 1.87. The first-order valence-corrected chi connectivity index (χ1v) is 8.75. The van der Waals surface area contributed by atoms with Gasteiger partial charge in [0.05, 0.1) is 24.6 Å². The lowest BCUT2D eigenvalue weighted by Crippen LogP contribution is -2.43. The van der Waals surface area contributed by atoms with Gasteiger partial charge in [-0.25, -0.2) is 0 Å². The molecule has 2 saturated heterocycles. The van der Waals surface area contributed by atoms with Gasteiger partial charge < -0.3 is 20.3 Å². The topological polar surface area (TPSA) is 53.6 Å². The van der Waals surface area contributed by atoms with Gasteiger partial charge in [-0.1, -0.05) is 11.6 Å². The van der Waals surface area contributed by atoms with E-state index < -0.39 is 0 Å². The van der Waals surface area contributed by atoms with E-state index in [-0.39, 0.29) is 11.9 Å². The summed E-state index contributed by atoms with van der Waals surface area (Å²) in [5.74, 6) is -0.00599. The number of rotatable bonds is 4. The lowest BCUT2D eigenvalue weighted by molar-refractivity contribution is -0.117. The molecule has 0 aromatic heterocycles. The van der Waals surface area contributed by atoms with Crippen LogP contribution in [0.1, 0.15) is 25.7 Å². The van der Waals surface area contributed by atoms with E-state index in [1.165, 1.54) is 19.3 Å². The van der Waals surface area contributed by atoms with Crippen molar-refractivity contribution in [3.05, 3.63) is 23.2 Å². The van der Waals surface area contributed by atoms with Crippen molar-refractivity contribution in [2.45, 2.75) is 31.7 Å². The number of carbonyl (C=O) groups excluding carboxylic acids is 1. The maximum absolute atomic E-state index is 12.4. The molecular formula is C17H24ClN3O2. The number of halogens is 1. The van der Waals surface area contributed by atoms with Crippen molar-refractivity contribution in [3.8, 4) is 0 Å². The summed E-state index contributed by atoms with van der Waals surface area (Å²) in [4.78, 5) is 14.7. The van der Waals surface area contributed by atoms with Gasteiger partial charge in [0.15, 0.2) is 0 Å². The molecule has 5 nitrogen and oxygen atoms in total. The molecule has 2 aliphatic heterocycles. The number of nitrogens with one attached hydrogen (secondary N) is 2. The van der Waals surface area contributed by atoms with E-state index in [2.05, 4.69) is 15.5 Å². The molecule has 0 bridgehead atoms. The van der Waals surface area contributed by atoms with Gasteiger partial charge in [0.1, 0.15) is 0 Å². The summed E-state index contributed by atoms with van der Waals surface area (Å²) in [5, 5.41) is 6.98. The lowest BCUT2D eigenvalue weighted by Gasteiger charge is -2.31. The van der Waals surface area contributed by atoms with E-state index in [0.717, 1.165) is 31.0 Å². The minimum absolute atomic E-state index is 0.00599. The van der Waals surface area contributed by atoms with Crippen molar-refractivity contribution in [3.63, 3.8) is 0 Å². The Hall–Kier alpha value is -1.30. The quantitative estimate of drug-likeness (QED) is 0.887. The third-order valence-corrected chi connectivity index (χ3v) is 4.59. The van der Waals surface area contributed by atoms with Crippen LogP contribution in [0.3, 0.4) is 0 Å². The molecule has 2 heterocycles. The fourth-order valence-corrected chi connectivity index (χ4v) is 3.37. The molecule has 1 unspecified atom stereocenters. The minimum atomic E-state index is -0.00599. The lowest BCUT2D eigenvalue weighted by atomic mass is 10.1. The van der Waals surface area contributed by atoms with Crippen LogP contribution in [0.5, 0.6) is 0 Å². The second kappa shape index (κ2) is 7.99. The second-order valence-electron chi connectivity index (χ2n) is 6.19. The van der Waals surface area contributed by atoms with Crippen molar-refractivity contribution >= 4 is 28.9 Å². The normalized spacial score (nSPS) is 22.0. The number of ether oxygens (including phenoxy) is 1. The highest BCUT2D eigenvalue weighted by atomic mass is 35.5. The van der Waals surface area contributed by atoms with Crippen LogP contribution in [0, 0.1) is 0 Å². The molecule has 6 heteroatoms. The third-order valence-electron chi connectivity index (χ3n) is 4.36. The molecular weight excluding hydrogens is 314 g/mol. The molecule has 0 spiro atoms. The van der Waals surface area contributed by atoms with Crippen LogP contribution in [0.4, 0.5) is 11.4 Å². The highest BCUT2D eigenvalue weighted by Gasteiger charge is 2.19. The average molecular weight is 338 g/mol. The molecule has 1 atom stereocenters. The first-order valence-electron chi connectivity index (χ1n) is 8.38. The molecule has 1 aromatic carbocycles. The molecule has 126 valence electrons. The molecule has 0 saturated carbocycles. The van der Waals surface area contributed by atoms with Gasteiger partial charge in [-0.3, -0.25) is 4.79 Å². The Bertz CT molecular complexity index is 541. The van der Waals surface area contributed by atoms with Crippen LogP contribution in [-0.4, -0.2) is 44.8 Å². The highest BCUT2D eigenvalue weighted by molar-refractivity contribution is 6.31. The summed E-state index contributed by atoms with van der Waals surface area (Å²) >= 11 is 6.13. The molecule has 1 amide bonds. The van der Waals surface area contributed by atoms with Crippen LogP contribution < -0.4 is 15.5 Å².